The van der Waals surface area contributed by atoms with Crippen molar-refractivity contribution in [2.45, 2.75) is 33.2 Å². The number of hydrogen-bond donors (Lipinski definition) is 0. The number of benzene rings is 5. The maximum Gasteiger partial charge on any atom is 0.294 e. The molecule has 0 spiro atoms. The first-order valence-electron chi connectivity index (χ1n) is 14.5. The predicted molar refractivity (Wildman–Crippen MR) is 172 cm³/mol. The number of hydrogen-bond acceptors (Lipinski definition) is 0. The maximum atomic E-state index is 2.47. The van der Waals surface area contributed by atoms with Gasteiger partial charge in [0, 0.05) is 11.1 Å². The van der Waals surface area contributed by atoms with Gasteiger partial charge < -0.3 is 0 Å². The summed E-state index contributed by atoms with van der Waals surface area (Å²) in [5.41, 5.74) is 9.50. The molecule has 0 radical (unpaired) electrons. The third-order valence-electron chi connectivity index (χ3n) is 8.53. The van der Waals surface area contributed by atoms with Crippen LogP contribution in [0.15, 0.2) is 146 Å². The average Bonchev–Trinajstić information content (AvgIpc) is 3.48. The van der Waals surface area contributed by atoms with Crippen molar-refractivity contribution in [3.63, 3.8) is 0 Å². The zero-order valence-electron chi connectivity index (χ0n) is 24.3. The van der Waals surface area contributed by atoms with Crippen LogP contribution in [-0.4, -0.2) is 4.57 Å². The molecule has 6 aromatic rings. The van der Waals surface area contributed by atoms with Gasteiger partial charge >= 0.3 is 0 Å². The van der Waals surface area contributed by atoms with Crippen LogP contribution < -0.4 is 4.57 Å². The molecule has 0 amide bonds. The molecule has 2 heteroatoms. The molecule has 0 fully saturated rings. The molecule has 0 aliphatic heterocycles. The van der Waals surface area contributed by atoms with Crippen LogP contribution in [0.3, 0.4) is 0 Å². The Hall–Kier alpha value is -4.69. The molecular formula is C39H37N2+. The summed E-state index contributed by atoms with van der Waals surface area (Å²) >= 11 is 0. The molecule has 2 nitrogen and oxygen atoms in total. The van der Waals surface area contributed by atoms with Crippen molar-refractivity contribution in [3.05, 3.63) is 146 Å². The molecule has 0 saturated carbocycles. The summed E-state index contributed by atoms with van der Waals surface area (Å²) in [5, 5.41) is 0. The Morgan fingerprint density at radius 3 is 1.54 bits per heavy atom. The summed E-state index contributed by atoms with van der Waals surface area (Å²) in [7, 11) is 0. The third kappa shape index (κ3) is 5.02. The summed E-state index contributed by atoms with van der Waals surface area (Å²) < 4.78 is 4.89. The first-order chi connectivity index (χ1) is 19.9. The van der Waals surface area contributed by atoms with E-state index in [0.29, 0.717) is 5.92 Å². The normalized spacial score (nSPS) is 11.6. The minimum Gasteiger partial charge on any atom is -0.225 e. The highest BCUT2D eigenvalue weighted by Gasteiger charge is 2.36. The molecule has 0 aliphatic carbocycles. The summed E-state index contributed by atoms with van der Waals surface area (Å²) in [6, 6.07) is 47.8. The van der Waals surface area contributed by atoms with Crippen LogP contribution in [-0.2, 0) is 5.54 Å². The molecule has 0 bridgehead atoms. The second-order valence-electron chi connectivity index (χ2n) is 11.6. The first-order valence-corrected chi connectivity index (χ1v) is 14.5. The third-order valence-corrected chi connectivity index (χ3v) is 8.53. The van der Waals surface area contributed by atoms with Crippen molar-refractivity contribution in [2.75, 3.05) is 0 Å². The number of imidazole rings is 1. The van der Waals surface area contributed by atoms with Gasteiger partial charge in [-0.05, 0) is 54.2 Å². The summed E-state index contributed by atoms with van der Waals surface area (Å²) in [5.74, 6) is 1.60. The Kier molecular flexibility index (Phi) is 7.15. The van der Waals surface area contributed by atoms with Gasteiger partial charge in [0.1, 0.15) is 23.6 Å². The smallest absolute Gasteiger partial charge is 0.225 e. The number of aromatic nitrogens is 2. The lowest BCUT2D eigenvalue weighted by molar-refractivity contribution is -0.754. The van der Waals surface area contributed by atoms with Crippen molar-refractivity contribution in [2.24, 2.45) is 5.92 Å². The van der Waals surface area contributed by atoms with Crippen molar-refractivity contribution in [1.29, 1.82) is 0 Å². The zero-order valence-corrected chi connectivity index (χ0v) is 24.3. The van der Waals surface area contributed by atoms with Crippen LogP contribution in [0.25, 0.3) is 50.5 Å². The summed E-state index contributed by atoms with van der Waals surface area (Å²) in [6.45, 7) is 9.30. The van der Waals surface area contributed by atoms with Crippen LogP contribution in [0.2, 0.25) is 0 Å². The highest BCUT2D eigenvalue weighted by molar-refractivity contribution is 5.86. The molecule has 6 rings (SSSR count). The Morgan fingerprint density at radius 2 is 1.00 bits per heavy atom. The van der Waals surface area contributed by atoms with E-state index in [1.165, 1.54) is 50.5 Å². The second-order valence-corrected chi connectivity index (χ2v) is 11.6. The minimum absolute atomic E-state index is 0.113. The largest absolute Gasteiger partial charge is 0.294 e. The van der Waals surface area contributed by atoms with Gasteiger partial charge in [0.05, 0.1) is 5.56 Å². The van der Waals surface area contributed by atoms with E-state index in [9.17, 15) is 0 Å². The highest BCUT2D eigenvalue weighted by atomic mass is 15.2. The molecule has 202 valence electrons. The van der Waals surface area contributed by atoms with Crippen LogP contribution in [0.4, 0.5) is 0 Å². The van der Waals surface area contributed by atoms with Gasteiger partial charge in [-0.15, -0.1) is 0 Å². The van der Waals surface area contributed by atoms with Crippen LogP contribution in [0.1, 0.15) is 27.7 Å². The van der Waals surface area contributed by atoms with Crippen LogP contribution in [0, 0.1) is 5.92 Å². The van der Waals surface area contributed by atoms with Gasteiger partial charge in [0.2, 0.25) is 0 Å². The van der Waals surface area contributed by atoms with E-state index in [0.717, 1.165) is 0 Å². The standard InChI is InChI=1S/C39H37N2/c1-29(2)39(3,4)41-27-26-40(38(41)34-23-14-22-33(28-34)30-16-8-5-9-17-30)37-35(31-18-10-6-11-19-31)24-15-25-36(37)32-20-12-7-13-21-32/h5-29H,1-4H3/q+1. The number of para-hydroxylation sites is 1. The summed E-state index contributed by atoms with van der Waals surface area (Å²) in [6.07, 6.45) is 4.52. The summed E-state index contributed by atoms with van der Waals surface area (Å²) in [4.78, 5) is 0. The zero-order chi connectivity index (χ0) is 28.4. The van der Waals surface area contributed by atoms with E-state index < -0.39 is 0 Å². The monoisotopic (exact) mass is 533 g/mol. The Balaban J connectivity index is 1.68. The van der Waals surface area contributed by atoms with Crippen LogP contribution >= 0.6 is 0 Å². The van der Waals surface area contributed by atoms with E-state index in [-0.39, 0.29) is 5.54 Å². The molecule has 0 unspecified atom stereocenters. The quantitative estimate of drug-likeness (QED) is 0.181. The lowest BCUT2D eigenvalue weighted by Crippen LogP contribution is -2.55. The van der Waals surface area contributed by atoms with E-state index in [4.69, 9.17) is 0 Å². The predicted octanol–water partition coefficient (Wildman–Crippen LogP) is 9.82. The van der Waals surface area contributed by atoms with Crippen LogP contribution in [0.5, 0.6) is 0 Å². The fourth-order valence-electron chi connectivity index (χ4n) is 5.57. The lowest BCUT2D eigenvalue weighted by Gasteiger charge is -2.27. The fraction of sp³-hybridized carbons (Fsp3) is 0.154. The number of nitrogens with zero attached hydrogens (tertiary/aromatic N) is 2. The average molecular weight is 534 g/mol. The molecule has 1 aromatic heterocycles. The van der Waals surface area contributed by atoms with Crippen molar-refractivity contribution >= 4 is 0 Å². The molecule has 0 aliphatic rings. The lowest BCUT2D eigenvalue weighted by atomic mass is 9.90. The number of rotatable bonds is 7. The van der Waals surface area contributed by atoms with E-state index in [1.54, 1.807) is 0 Å². The van der Waals surface area contributed by atoms with Crippen molar-refractivity contribution in [1.82, 2.24) is 4.57 Å². The molecule has 41 heavy (non-hydrogen) atoms. The second kappa shape index (κ2) is 11.1. The highest BCUT2D eigenvalue weighted by Crippen LogP contribution is 2.38. The SMILES string of the molecule is CC(C)C(C)(C)[n+]1ccn(-c2c(-c3ccccc3)cccc2-c2ccccc2)c1-c1cccc(-c2ccccc2)c1. The van der Waals surface area contributed by atoms with Gasteiger partial charge in [-0.25, -0.2) is 4.57 Å². The van der Waals surface area contributed by atoms with Gasteiger partial charge in [-0.2, -0.15) is 4.57 Å². The van der Waals surface area contributed by atoms with Crippen molar-refractivity contribution in [3.8, 4) is 50.5 Å². The van der Waals surface area contributed by atoms with E-state index >= 15 is 0 Å². The van der Waals surface area contributed by atoms with Gasteiger partial charge in [0.15, 0.2) is 0 Å². The van der Waals surface area contributed by atoms with E-state index in [1.807, 2.05) is 0 Å². The Labute approximate surface area is 244 Å². The molecule has 5 aromatic carbocycles. The van der Waals surface area contributed by atoms with Gasteiger partial charge in [0.25, 0.3) is 5.82 Å². The molecule has 0 N–H and O–H groups in total. The molecule has 1 heterocycles. The fourth-order valence-corrected chi connectivity index (χ4v) is 5.57. The first kappa shape index (κ1) is 26.5. The van der Waals surface area contributed by atoms with Gasteiger partial charge in [-0.1, -0.05) is 135 Å². The van der Waals surface area contributed by atoms with E-state index in [2.05, 4.69) is 183 Å². The Bertz CT molecular complexity index is 1700. The van der Waals surface area contributed by atoms with Gasteiger partial charge in [-0.3, -0.25) is 0 Å². The van der Waals surface area contributed by atoms with Crippen molar-refractivity contribution < 1.29 is 4.57 Å². The maximum absolute atomic E-state index is 2.47. The molecular weight excluding hydrogens is 496 g/mol. The minimum atomic E-state index is -0.113. The molecule has 0 atom stereocenters. The Morgan fingerprint density at radius 1 is 0.537 bits per heavy atom. The molecule has 0 saturated heterocycles. The topological polar surface area (TPSA) is 8.81 Å².